The lowest BCUT2D eigenvalue weighted by Crippen LogP contribution is -2.37. The molecule has 174 valence electrons. The Labute approximate surface area is 198 Å². The van der Waals surface area contributed by atoms with Crippen molar-refractivity contribution in [3.63, 3.8) is 0 Å². The van der Waals surface area contributed by atoms with Crippen LogP contribution in [0.15, 0.2) is 67.1 Å². The maximum atomic E-state index is 13.0. The first-order chi connectivity index (χ1) is 16.7. The number of hydrogen-bond donors (Lipinski definition) is 1. The van der Waals surface area contributed by atoms with Gasteiger partial charge in [-0.15, -0.1) is 0 Å². The van der Waals surface area contributed by atoms with Gasteiger partial charge < -0.3 is 24.3 Å². The molecule has 0 spiro atoms. The summed E-state index contributed by atoms with van der Waals surface area (Å²) >= 11 is 0. The molecule has 2 aromatic heterocycles. The number of carbonyl (C=O) groups is 1. The second-order valence-electron chi connectivity index (χ2n) is 8.16. The van der Waals surface area contributed by atoms with Crippen LogP contribution >= 0.6 is 0 Å². The number of amides is 1. The molecule has 1 aliphatic rings. The van der Waals surface area contributed by atoms with Crippen LogP contribution in [0.2, 0.25) is 0 Å². The van der Waals surface area contributed by atoms with Crippen LogP contribution in [0.25, 0.3) is 22.2 Å². The van der Waals surface area contributed by atoms with E-state index < -0.39 is 0 Å². The number of nitrogens with zero attached hydrogens (tertiary/aromatic N) is 4. The van der Waals surface area contributed by atoms with Gasteiger partial charge in [0, 0.05) is 31.4 Å². The number of fused-ring (bicyclic) bond motifs is 1. The fourth-order valence-corrected chi connectivity index (χ4v) is 4.27. The van der Waals surface area contributed by atoms with Gasteiger partial charge in [-0.3, -0.25) is 4.79 Å². The highest BCUT2D eigenvalue weighted by Gasteiger charge is 2.22. The van der Waals surface area contributed by atoms with Crippen LogP contribution < -0.4 is 15.0 Å². The lowest BCUT2D eigenvalue weighted by atomic mass is 10.1. The van der Waals surface area contributed by atoms with Crippen molar-refractivity contribution < 1.29 is 14.3 Å². The molecule has 1 N–H and O–H groups in total. The molecule has 8 heteroatoms. The Morgan fingerprint density at radius 3 is 2.71 bits per heavy atom. The number of aromatic nitrogens is 3. The molecule has 0 unspecified atom stereocenters. The summed E-state index contributed by atoms with van der Waals surface area (Å²) in [6, 6.07) is 17.8. The summed E-state index contributed by atoms with van der Waals surface area (Å²) in [4.78, 5) is 24.4. The van der Waals surface area contributed by atoms with Crippen molar-refractivity contribution in [2.45, 2.75) is 13.1 Å². The zero-order valence-electron chi connectivity index (χ0n) is 19.1. The number of rotatable bonds is 7. The minimum absolute atomic E-state index is 0.0869. The van der Waals surface area contributed by atoms with Gasteiger partial charge in [-0.25, -0.2) is 9.97 Å². The molecule has 0 bridgehead atoms. The van der Waals surface area contributed by atoms with Gasteiger partial charge in [0.05, 0.1) is 20.3 Å². The largest absolute Gasteiger partial charge is 0.497 e. The first-order valence-corrected chi connectivity index (χ1v) is 11.3. The molecule has 1 amide bonds. The highest BCUT2D eigenvalue weighted by molar-refractivity contribution is 5.99. The smallest absolute Gasteiger partial charge is 0.240 e. The van der Waals surface area contributed by atoms with Gasteiger partial charge in [0.1, 0.15) is 29.7 Å². The number of methoxy groups -OCH3 is 1. The molecule has 5 rings (SSSR count). The molecule has 2 aromatic carbocycles. The number of ether oxygens (including phenoxy) is 2. The monoisotopic (exact) mass is 457 g/mol. The molecule has 0 radical (unpaired) electrons. The number of morpholine rings is 1. The van der Waals surface area contributed by atoms with Gasteiger partial charge in [-0.1, -0.05) is 42.5 Å². The van der Waals surface area contributed by atoms with Gasteiger partial charge in [0.25, 0.3) is 0 Å². The van der Waals surface area contributed by atoms with Crippen LogP contribution in [0.5, 0.6) is 5.75 Å². The van der Waals surface area contributed by atoms with Crippen molar-refractivity contribution in [2.75, 3.05) is 38.3 Å². The quantitative estimate of drug-likeness (QED) is 0.459. The molecule has 0 aliphatic carbocycles. The minimum atomic E-state index is -0.0869. The lowest BCUT2D eigenvalue weighted by Gasteiger charge is -2.28. The summed E-state index contributed by atoms with van der Waals surface area (Å²) in [5.41, 5.74) is 4.71. The van der Waals surface area contributed by atoms with E-state index in [4.69, 9.17) is 9.47 Å². The molecule has 1 aliphatic heterocycles. The summed E-state index contributed by atoms with van der Waals surface area (Å²) in [5, 5.41) is 3.02. The molecule has 8 nitrogen and oxygen atoms in total. The molecular formula is C26H27N5O3. The van der Waals surface area contributed by atoms with Crippen LogP contribution in [0.4, 0.5) is 5.82 Å². The molecule has 4 aromatic rings. The minimum Gasteiger partial charge on any atom is -0.497 e. The predicted octanol–water partition coefficient (Wildman–Crippen LogP) is 3.26. The van der Waals surface area contributed by atoms with Gasteiger partial charge in [0.15, 0.2) is 5.82 Å². The van der Waals surface area contributed by atoms with Crippen LogP contribution in [0.1, 0.15) is 5.56 Å². The van der Waals surface area contributed by atoms with E-state index in [0.717, 1.165) is 52.4 Å². The maximum absolute atomic E-state index is 13.0. The van der Waals surface area contributed by atoms with E-state index in [1.165, 1.54) is 0 Å². The Morgan fingerprint density at radius 2 is 1.91 bits per heavy atom. The summed E-state index contributed by atoms with van der Waals surface area (Å²) in [7, 11) is 1.63. The van der Waals surface area contributed by atoms with E-state index in [9.17, 15) is 4.79 Å². The number of anilines is 1. The fraction of sp³-hybridized carbons (Fsp3) is 0.269. The standard InChI is InChI=1S/C26H27N5O3/c1-33-21-9-5-6-19(14-21)15-27-23(32)17-31-16-22(20-7-3-2-4-8-20)24-25(31)26(29-18-28-24)30-10-12-34-13-11-30/h2-9,14,16,18H,10-13,15,17H2,1H3,(H,27,32). The summed E-state index contributed by atoms with van der Waals surface area (Å²) < 4.78 is 12.8. The summed E-state index contributed by atoms with van der Waals surface area (Å²) in [5.74, 6) is 1.51. The Kier molecular flexibility index (Phi) is 6.40. The molecule has 0 atom stereocenters. The number of nitrogens with one attached hydrogen (secondary N) is 1. The first-order valence-electron chi connectivity index (χ1n) is 11.3. The number of hydrogen-bond acceptors (Lipinski definition) is 6. The Morgan fingerprint density at radius 1 is 1.09 bits per heavy atom. The predicted molar refractivity (Wildman–Crippen MR) is 131 cm³/mol. The molecule has 1 saturated heterocycles. The summed E-state index contributed by atoms with van der Waals surface area (Å²) in [6.45, 7) is 3.39. The van der Waals surface area contributed by atoms with Gasteiger partial charge in [-0.2, -0.15) is 0 Å². The number of carbonyl (C=O) groups excluding carboxylic acids is 1. The Hall–Kier alpha value is -3.91. The van der Waals surface area contributed by atoms with Crippen LogP contribution in [0, 0.1) is 0 Å². The Balaban J connectivity index is 1.47. The van der Waals surface area contributed by atoms with Crippen molar-refractivity contribution in [3.05, 3.63) is 72.7 Å². The van der Waals surface area contributed by atoms with Crippen molar-refractivity contribution in [1.29, 1.82) is 0 Å². The normalized spacial score (nSPS) is 13.7. The highest BCUT2D eigenvalue weighted by Crippen LogP contribution is 2.33. The number of benzene rings is 2. The van der Waals surface area contributed by atoms with Gasteiger partial charge in [-0.05, 0) is 23.3 Å². The lowest BCUT2D eigenvalue weighted by molar-refractivity contribution is -0.121. The van der Waals surface area contributed by atoms with Crippen LogP contribution in [0.3, 0.4) is 0 Å². The van der Waals surface area contributed by atoms with E-state index in [1.54, 1.807) is 13.4 Å². The maximum Gasteiger partial charge on any atom is 0.240 e. The van der Waals surface area contributed by atoms with Crippen LogP contribution in [-0.4, -0.2) is 53.9 Å². The third-order valence-electron chi connectivity index (χ3n) is 5.96. The van der Waals surface area contributed by atoms with Crippen molar-refractivity contribution in [2.24, 2.45) is 0 Å². The van der Waals surface area contributed by atoms with Gasteiger partial charge >= 0.3 is 0 Å². The van der Waals surface area contributed by atoms with Gasteiger partial charge in [0.2, 0.25) is 5.91 Å². The topological polar surface area (TPSA) is 81.5 Å². The highest BCUT2D eigenvalue weighted by atomic mass is 16.5. The van der Waals surface area contributed by atoms with Crippen LogP contribution in [-0.2, 0) is 22.6 Å². The Bertz CT molecular complexity index is 1280. The third kappa shape index (κ3) is 4.58. The molecule has 1 fully saturated rings. The molecule has 0 saturated carbocycles. The SMILES string of the molecule is COc1cccc(CNC(=O)Cn2cc(-c3ccccc3)c3ncnc(N4CCOCC4)c32)c1. The van der Waals surface area contributed by atoms with Crippen molar-refractivity contribution in [1.82, 2.24) is 19.9 Å². The van der Waals surface area contributed by atoms with Crippen molar-refractivity contribution in [3.8, 4) is 16.9 Å². The zero-order chi connectivity index (χ0) is 23.3. The zero-order valence-corrected chi connectivity index (χ0v) is 19.1. The van der Waals surface area contributed by atoms with E-state index in [-0.39, 0.29) is 12.5 Å². The molecule has 34 heavy (non-hydrogen) atoms. The molecular weight excluding hydrogens is 430 g/mol. The summed E-state index contributed by atoms with van der Waals surface area (Å²) in [6.07, 6.45) is 3.61. The average Bonchev–Trinajstić information content (AvgIpc) is 3.27. The molecule has 3 heterocycles. The van der Waals surface area contributed by atoms with Crippen molar-refractivity contribution >= 4 is 22.8 Å². The van der Waals surface area contributed by atoms with E-state index in [0.29, 0.717) is 19.8 Å². The second kappa shape index (κ2) is 9.93. The van der Waals surface area contributed by atoms with E-state index in [1.807, 2.05) is 53.2 Å². The second-order valence-corrected chi connectivity index (χ2v) is 8.16. The van der Waals surface area contributed by atoms with E-state index >= 15 is 0 Å². The average molecular weight is 458 g/mol. The third-order valence-corrected chi connectivity index (χ3v) is 5.96. The van der Waals surface area contributed by atoms with E-state index in [2.05, 4.69) is 32.3 Å². The fourth-order valence-electron chi connectivity index (χ4n) is 4.27. The first kappa shape index (κ1) is 21.9.